The summed E-state index contributed by atoms with van der Waals surface area (Å²) in [6.07, 6.45) is 5.69. The zero-order valence-electron chi connectivity index (χ0n) is 16.4. The highest BCUT2D eigenvalue weighted by Crippen LogP contribution is 2.36. The Bertz CT molecular complexity index is 894. The van der Waals surface area contributed by atoms with Gasteiger partial charge in [-0.2, -0.15) is 0 Å². The van der Waals surface area contributed by atoms with E-state index in [-0.39, 0.29) is 6.03 Å². The lowest BCUT2D eigenvalue weighted by Gasteiger charge is -2.33. The highest BCUT2D eigenvalue weighted by atomic mass is 16.5. The van der Waals surface area contributed by atoms with Crippen LogP contribution < -0.4 is 25.2 Å². The molecule has 1 aromatic carbocycles. The number of fused-ring (bicyclic) bond motifs is 1. The van der Waals surface area contributed by atoms with Crippen LogP contribution in [0.25, 0.3) is 0 Å². The number of hydrogen-bond donors (Lipinski definition) is 2. The molecule has 0 atom stereocenters. The predicted octanol–water partition coefficient (Wildman–Crippen LogP) is 3.67. The third-order valence-electron chi connectivity index (χ3n) is 4.28. The number of rotatable bonds is 6. The van der Waals surface area contributed by atoms with Crippen molar-refractivity contribution in [3.05, 3.63) is 72.4 Å². The van der Waals surface area contributed by atoms with E-state index >= 15 is 0 Å². The maximum atomic E-state index is 12.7. The van der Waals surface area contributed by atoms with Crippen LogP contribution in [0.1, 0.15) is 13.8 Å². The molecule has 6 nitrogen and oxygen atoms in total. The topological polar surface area (TPSA) is 56.8 Å². The molecule has 2 aliphatic heterocycles. The van der Waals surface area contributed by atoms with E-state index in [0.717, 1.165) is 41.4 Å². The molecule has 0 spiro atoms. The number of nitrogens with one attached hydrogen (secondary N) is 2. The molecule has 0 fully saturated rings. The van der Waals surface area contributed by atoms with Gasteiger partial charge in [0.2, 0.25) is 0 Å². The second-order valence-electron chi connectivity index (χ2n) is 7.02. The highest BCUT2D eigenvalue weighted by molar-refractivity contribution is 5.94. The van der Waals surface area contributed by atoms with Crippen molar-refractivity contribution in [2.75, 3.05) is 36.0 Å². The van der Waals surface area contributed by atoms with Crippen molar-refractivity contribution in [1.82, 2.24) is 10.6 Å². The molecule has 0 bridgehead atoms. The van der Waals surface area contributed by atoms with Gasteiger partial charge in [0.1, 0.15) is 12.4 Å². The summed E-state index contributed by atoms with van der Waals surface area (Å²) >= 11 is 0. The lowest BCUT2D eigenvalue weighted by atomic mass is 10.1. The van der Waals surface area contributed by atoms with E-state index in [4.69, 9.17) is 4.74 Å². The molecule has 0 aromatic heterocycles. The summed E-state index contributed by atoms with van der Waals surface area (Å²) in [7, 11) is 0. The van der Waals surface area contributed by atoms with Gasteiger partial charge in [0.05, 0.1) is 12.2 Å². The van der Waals surface area contributed by atoms with Crippen LogP contribution >= 0.6 is 0 Å². The summed E-state index contributed by atoms with van der Waals surface area (Å²) < 4.78 is 5.82. The van der Waals surface area contributed by atoms with Crippen molar-refractivity contribution in [1.29, 1.82) is 0 Å². The van der Waals surface area contributed by atoms with Crippen molar-refractivity contribution < 1.29 is 9.53 Å². The van der Waals surface area contributed by atoms with Crippen LogP contribution in [0, 0.1) is 0 Å². The van der Waals surface area contributed by atoms with E-state index in [9.17, 15) is 4.79 Å². The number of amides is 2. The molecule has 0 saturated heterocycles. The fourth-order valence-electron chi connectivity index (χ4n) is 3.09. The predicted molar refractivity (Wildman–Crippen MR) is 114 cm³/mol. The van der Waals surface area contributed by atoms with Crippen molar-refractivity contribution in [2.24, 2.45) is 0 Å². The summed E-state index contributed by atoms with van der Waals surface area (Å²) in [5.74, 6) is 0.814. The number of hydrogen-bond acceptors (Lipinski definition) is 4. The second-order valence-corrected chi connectivity index (χ2v) is 7.02. The first-order valence-electron chi connectivity index (χ1n) is 9.20. The number of ether oxygens (including phenoxy) is 1. The highest BCUT2D eigenvalue weighted by Gasteiger charge is 2.23. The molecule has 2 N–H and O–H groups in total. The quantitative estimate of drug-likeness (QED) is 0.586. The Labute approximate surface area is 166 Å². The average Bonchev–Trinajstić information content (AvgIpc) is 2.66. The van der Waals surface area contributed by atoms with Crippen LogP contribution in [0.5, 0.6) is 5.75 Å². The van der Waals surface area contributed by atoms with Crippen LogP contribution in [0.15, 0.2) is 72.4 Å². The smallest absolute Gasteiger partial charge is 0.326 e. The molecule has 0 radical (unpaired) electrons. The number of carbonyl (C=O) groups excluding carboxylic acids is 1. The van der Waals surface area contributed by atoms with Crippen molar-refractivity contribution in [2.45, 2.75) is 13.8 Å². The van der Waals surface area contributed by atoms with E-state index in [1.807, 2.05) is 37.4 Å². The summed E-state index contributed by atoms with van der Waals surface area (Å²) in [6, 6.07) is 5.57. The largest absolute Gasteiger partial charge is 0.490 e. The first kappa shape index (κ1) is 19.4. The fraction of sp³-hybridized carbons (Fsp3) is 0.273. The molecule has 2 aliphatic rings. The SMILES string of the molecule is C=C(C)CN(C(=O)NC(=C)C)c1ccc2c(c1)N(CC1=CNC=C=C1)CCO2. The van der Waals surface area contributed by atoms with Gasteiger partial charge < -0.3 is 20.3 Å². The minimum Gasteiger partial charge on any atom is -0.490 e. The molecule has 2 heterocycles. The normalized spacial score (nSPS) is 14.4. The van der Waals surface area contributed by atoms with Gasteiger partial charge in [-0.15, -0.1) is 5.73 Å². The minimum atomic E-state index is -0.231. The van der Waals surface area contributed by atoms with E-state index in [2.05, 4.69) is 34.4 Å². The first-order chi connectivity index (χ1) is 13.4. The van der Waals surface area contributed by atoms with Crippen molar-refractivity contribution in [3.63, 3.8) is 0 Å². The molecular formula is C22H26N4O2. The maximum Gasteiger partial charge on any atom is 0.326 e. The van der Waals surface area contributed by atoms with E-state index in [1.165, 1.54) is 0 Å². The van der Waals surface area contributed by atoms with Crippen LogP contribution in [0.2, 0.25) is 0 Å². The Morgan fingerprint density at radius 1 is 1.39 bits per heavy atom. The zero-order valence-corrected chi connectivity index (χ0v) is 16.4. The standard InChI is InChI=1S/C22H26N4O2/c1-16(2)14-26(22(27)24-17(3)4)19-7-8-21-20(12-19)25(10-11-28-21)15-18-6-5-9-23-13-18/h6-9,12-13,23H,1,3,10-11,14-15H2,2,4H3,(H,24,27). The summed E-state index contributed by atoms with van der Waals surface area (Å²) in [5, 5.41) is 5.84. The Morgan fingerprint density at radius 3 is 2.89 bits per heavy atom. The average molecular weight is 378 g/mol. The number of benzene rings is 1. The molecule has 0 aliphatic carbocycles. The van der Waals surface area contributed by atoms with E-state index in [0.29, 0.717) is 18.8 Å². The number of carbonyl (C=O) groups is 1. The molecule has 2 amide bonds. The molecule has 0 saturated carbocycles. The lowest BCUT2D eigenvalue weighted by molar-refractivity contribution is 0.249. The van der Waals surface area contributed by atoms with E-state index in [1.54, 1.807) is 18.0 Å². The summed E-state index contributed by atoms with van der Waals surface area (Å²) in [6.45, 7) is 13.9. The monoisotopic (exact) mass is 378 g/mol. The summed E-state index contributed by atoms with van der Waals surface area (Å²) in [5.41, 5.74) is 7.41. The first-order valence-corrected chi connectivity index (χ1v) is 9.20. The number of urea groups is 1. The zero-order chi connectivity index (χ0) is 20.1. The van der Waals surface area contributed by atoms with Gasteiger partial charge in [-0.05, 0) is 43.7 Å². The molecule has 146 valence electrons. The van der Waals surface area contributed by atoms with Crippen LogP contribution in [-0.2, 0) is 0 Å². The number of nitrogens with zero attached hydrogens (tertiary/aromatic N) is 2. The second kappa shape index (κ2) is 8.55. The van der Waals surface area contributed by atoms with Gasteiger partial charge in [-0.25, -0.2) is 4.79 Å². The molecule has 0 unspecified atom stereocenters. The van der Waals surface area contributed by atoms with Gasteiger partial charge in [-0.3, -0.25) is 4.90 Å². The van der Waals surface area contributed by atoms with Crippen molar-refractivity contribution >= 4 is 17.4 Å². The van der Waals surface area contributed by atoms with Gasteiger partial charge in [0, 0.05) is 36.9 Å². The molecular weight excluding hydrogens is 352 g/mol. The maximum absolute atomic E-state index is 12.7. The van der Waals surface area contributed by atoms with Gasteiger partial charge in [0.15, 0.2) is 0 Å². The Kier molecular flexibility index (Phi) is 5.92. The summed E-state index contributed by atoms with van der Waals surface area (Å²) in [4.78, 5) is 16.6. The third kappa shape index (κ3) is 4.67. The molecule has 28 heavy (non-hydrogen) atoms. The number of allylic oxidation sites excluding steroid dienone is 1. The van der Waals surface area contributed by atoms with Crippen LogP contribution in [0.3, 0.4) is 0 Å². The van der Waals surface area contributed by atoms with Crippen LogP contribution in [0.4, 0.5) is 16.2 Å². The van der Waals surface area contributed by atoms with Crippen LogP contribution in [-0.4, -0.2) is 32.3 Å². The Balaban J connectivity index is 1.91. The van der Waals surface area contributed by atoms with Gasteiger partial charge >= 0.3 is 6.03 Å². The molecule has 3 rings (SSSR count). The third-order valence-corrected chi connectivity index (χ3v) is 4.28. The van der Waals surface area contributed by atoms with Gasteiger partial charge in [0.25, 0.3) is 0 Å². The fourth-order valence-corrected chi connectivity index (χ4v) is 3.09. The van der Waals surface area contributed by atoms with Crippen molar-refractivity contribution in [3.8, 4) is 5.75 Å². The Morgan fingerprint density at radius 2 is 2.21 bits per heavy atom. The van der Waals surface area contributed by atoms with E-state index < -0.39 is 0 Å². The Hall–Kier alpha value is -3.37. The van der Waals surface area contributed by atoms with Gasteiger partial charge in [-0.1, -0.05) is 18.7 Å². The molecule has 1 aromatic rings. The minimum absolute atomic E-state index is 0.231. The molecule has 6 heteroatoms. The number of anilines is 2. The lowest BCUT2D eigenvalue weighted by Crippen LogP contribution is -2.40.